The first-order chi connectivity index (χ1) is 13.5. The monoisotopic (exact) mass is 652 g/mol. The first-order valence-corrected chi connectivity index (χ1v) is 11.8. The van der Waals surface area contributed by atoms with E-state index in [4.69, 9.17) is 14.6 Å². The van der Waals surface area contributed by atoms with E-state index in [-0.39, 0.29) is 18.6 Å². The van der Waals surface area contributed by atoms with E-state index in [1.807, 2.05) is 24.3 Å². The minimum Gasteiger partial charge on any atom is -0.489 e. The second kappa shape index (κ2) is 10.1. The Morgan fingerprint density at radius 3 is 1.76 bits per heavy atom. The third kappa shape index (κ3) is 5.73. The van der Waals surface area contributed by atoms with Crippen molar-refractivity contribution in [3.05, 3.63) is 65.4 Å². The highest BCUT2D eigenvalue weighted by Crippen LogP contribution is 2.44. The molecule has 0 fully saturated rings. The van der Waals surface area contributed by atoms with Crippen molar-refractivity contribution in [2.45, 2.75) is 26.2 Å². The molecule has 0 saturated carbocycles. The van der Waals surface area contributed by atoms with Crippen molar-refractivity contribution >= 4 is 69.7 Å². The molecule has 2 aromatic carbocycles. The standard InChI is InChI=1S/C21H20Br4O4/c1-11(2)20(27)29-19-16(24)9-13(10-17(19)25)21(3,4)12-7-14(22)18(15(23)8-12)28-6-5-26/h7-10,26H,1,5-6H2,2-4H3. The number of esters is 1. The lowest BCUT2D eigenvalue weighted by atomic mass is 9.78. The van der Waals surface area contributed by atoms with Gasteiger partial charge in [-0.15, -0.1) is 0 Å². The van der Waals surface area contributed by atoms with E-state index in [1.165, 1.54) is 0 Å². The SMILES string of the molecule is C=C(C)C(=O)Oc1c(Br)cc(C(C)(C)c2cc(Br)c(OCCO)c(Br)c2)cc1Br. The maximum atomic E-state index is 11.9. The van der Waals surface area contributed by atoms with Crippen LogP contribution in [-0.2, 0) is 10.2 Å². The van der Waals surface area contributed by atoms with E-state index in [9.17, 15) is 4.79 Å². The van der Waals surface area contributed by atoms with Gasteiger partial charge in [0.15, 0.2) is 5.75 Å². The van der Waals surface area contributed by atoms with Gasteiger partial charge < -0.3 is 14.6 Å². The number of hydrogen-bond acceptors (Lipinski definition) is 4. The summed E-state index contributed by atoms with van der Waals surface area (Å²) in [4.78, 5) is 11.9. The average Bonchev–Trinajstić information content (AvgIpc) is 2.63. The summed E-state index contributed by atoms with van der Waals surface area (Å²) in [5.74, 6) is 0.570. The molecule has 2 rings (SSSR count). The van der Waals surface area contributed by atoms with Gasteiger partial charge in [0.25, 0.3) is 0 Å². The fourth-order valence-corrected chi connectivity index (χ4v) is 5.33. The largest absolute Gasteiger partial charge is 0.489 e. The quantitative estimate of drug-likeness (QED) is 0.200. The number of benzene rings is 2. The second-order valence-electron chi connectivity index (χ2n) is 6.90. The van der Waals surface area contributed by atoms with E-state index in [2.05, 4.69) is 84.1 Å². The third-order valence-corrected chi connectivity index (χ3v) is 6.68. The van der Waals surface area contributed by atoms with Crippen LogP contribution in [0.25, 0.3) is 0 Å². The first kappa shape index (κ1) is 24.6. The normalized spacial score (nSPS) is 11.3. The molecule has 0 aliphatic rings. The molecular weight excluding hydrogens is 636 g/mol. The Labute approximate surface area is 204 Å². The van der Waals surface area contributed by atoms with Gasteiger partial charge in [-0.25, -0.2) is 4.79 Å². The summed E-state index contributed by atoms with van der Waals surface area (Å²) >= 11 is 14.1. The molecule has 156 valence electrons. The molecule has 0 bridgehead atoms. The van der Waals surface area contributed by atoms with Gasteiger partial charge >= 0.3 is 5.97 Å². The first-order valence-electron chi connectivity index (χ1n) is 8.59. The number of aliphatic hydroxyl groups is 1. The molecule has 1 N–H and O–H groups in total. The number of hydrogen-bond donors (Lipinski definition) is 1. The molecule has 0 atom stereocenters. The molecule has 0 saturated heterocycles. The Kier molecular flexibility index (Phi) is 8.56. The van der Waals surface area contributed by atoms with Gasteiger partial charge in [-0.2, -0.15) is 0 Å². The number of aliphatic hydroxyl groups excluding tert-OH is 1. The smallest absolute Gasteiger partial charge is 0.338 e. The van der Waals surface area contributed by atoms with Gasteiger partial charge in [-0.1, -0.05) is 20.4 Å². The molecule has 4 nitrogen and oxygen atoms in total. The number of halogens is 4. The van der Waals surface area contributed by atoms with Crippen LogP contribution in [0.15, 0.2) is 54.3 Å². The summed E-state index contributed by atoms with van der Waals surface area (Å²) in [6.45, 7) is 9.57. The molecule has 0 heterocycles. The van der Waals surface area contributed by atoms with E-state index < -0.39 is 5.97 Å². The highest BCUT2D eigenvalue weighted by atomic mass is 79.9. The number of carbonyl (C=O) groups is 1. The predicted molar refractivity (Wildman–Crippen MR) is 129 cm³/mol. The van der Waals surface area contributed by atoms with Gasteiger partial charge in [0.1, 0.15) is 12.4 Å². The highest BCUT2D eigenvalue weighted by Gasteiger charge is 2.27. The zero-order valence-electron chi connectivity index (χ0n) is 16.1. The molecule has 0 unspecified atom stereocenters. The van der Waals surface area contributed by atoms with Gasteiger partial charge in [0.05, 0.1) is 24.5 Å². The molecule has 8 heteroatoms. The Bertz CT molecular complexity index is 908. The number of ether oxygens (including phenoxy) is 2. The summed E-state index contributed by atoms with van der Waals surface area (Å²) in [7, 11) is 0. The van der Waals surface area contributed by atoms with Crippen molar-refractivity contribution in [1.29, 1.82) is 0 Å². The second-order valence-corrected chi connectivity index (χ2v) is 10.3. The van der Waals surface area contributed by atoms with Gasteiger partial charge in [-0.05, 0) is 106 Å². The van der Waals surface area contributed by atoms with Crippen molar-refractivity contribution in [2.75, 3.05) is 13.2 Å². The molecule has 0 aliphatic heterocycles. The third-order valence-electron chi connectivity index (χ3n) is 4.32. The Morgan fingerprint density at radius 2 is 1.38 bits per heavy atom. The van der Waals surface area contributed by atoms with Crippen LogP contribution >= 0.6 is 63.7 Å². The van der Waals surface area contributed by atoms with Crippen LogP contribution in [0.3, 0.4) is 0 Å². The zero-order chi connectivity index (χ0) is 21.9. The van der Waals surface area contributed by atoms with Crippen molar-refractivity contribution in [1.82, 2.24) is 0 Å². The molecule has 0 radical (unpaired) electrons. The maximum Gasteiger partial charge on any atom is 0.338 e. The van der Waals surface area contributed by atoms with Crippen molar-refractivity contribution in [2.24, 2.45) is 0 Å². The molecule has 2 aromatic rings. The van der Waals surface area contributed by atoms with E-state index in [0.717, 1.165) is 20.1 Å². The van der Waals surface area contributed by atoms with Crippen LogP contribution < -0.4 is 9.47 Å². The molecular formula is C21H20Br4O4. The lowest BCUT2D eigenvalue weighted by Crippen LogP contribution is -2.20. The molecule has 0 amide bonds. The van der Waals surface area contributed by atoms with Crippen molar-refractivity contribution in [3.63, 3.8) is 0 Å². The summed E-state index contributed by atoms with van der Waals surface area (Å²) in [6.07, 6.45) is 0. The minimum atomic E-state index is -0.482. The van der Waals surface area contributed by atoms with Crippen LogP contribution in [0.5, 0.6) is 11.5 Å². The Morgan fingerprint density at radius 1 is 0.966 bits per heavy atom. The average molecular weight is 656 g/mol. The predicted octanol–water partition coefficient (Wildman–Crippen LogP) is 6.92. The van der Waals surface area contributed by atoms with Crippen molar-refractivity contribution < 1.29 is 19.4 Å². The van der Waals surface area contributed by atoms with Crippen LogP contribution in [0.1, 0.15) is 31.9 Å². The summed E-state index contributed by atoms with van der Waals surface area (Å²) in [6, 6.07) is 7.86. The molecule has 0 aliphatic carbocycles. The van der Waals surface area contributed by atoms with Gasteiger partial charge in [0, 0.05) is 11.0 Å². The van der Waals surface area contributed by atoms with Gasteiger partial charge in [0.2, 0.25) is 0 Å². The van der Waals surface area contributed by atoms with Crippen molar-refractivity contribution in [3.8, 4) is 11.5 Å². The fourth-order valence-electron chi connectivity index (χ4n) is 2.57. The fraction of sp³-hybridized carbons (Fsp3) is 0.286. The van der Waals surface area contributed by atoms with Crippen LogP contribution in [0, 0.1) is 0 Å². The van der Waals surface area contributed by atoms with E-state index >= 15 is 0 Å². The van der Waals surface area contributed by atoms with Crippen LogP contribution in [-0.4, -0.2) is 24.3 Å². The molecule has 0 aromatic heterocycles. The molecule has 29 heavy (non-hydrogen) atoms. The minimum absolute atomic E-state index is 0.0590. The zero-order valence-corrected chi connectivity index (χ0v) is 22.5. The summed E-state index contributed by atoms with van der Waals surface area (Å²) < 4.78 is 13.9. The topological polar surface area (TPSA) is 55.8 Å². The van der Waals surface area contributed by atoms with Gasteiger partial charge in [-0.3, -0.25) is 0 Å². The summed E-state index contributed by atoms with van der Waals surface area (Å²) in [5, 5.41) is 9.00. The summed E-state index contributed by atoms with van der Waals surface area (Å²) in [5.41, 5.74) is 2.00. The van der Waals surface area contributed by atoms with E-state index in [0.29, 0.717) is 26.0 Å². The highest BCUT2D eigenvalue weighted by molar-refractivity contribution is 9.11. The van der Waals surface area contributed by atoms with E-state index in [1.54, 1.807) is 6.92 Å². The molecule has 0 spiro atoms. The Balaban J connectivity index is 2.46. The maximum absolute atomic E-state index is 11.9. The van der Waals surface area contributed by atoms with Crippen LogP contribution in [0.2, 0.25) is 0 Å². The number of carbonyl (C=O) groups excluding carboxylic acids is 1. The Hall–Kier alpha value is -0.670. The lowest BCUT2D eigenvalue weighted by molar-refractivity contribution is -0.130. The van der Waals surface area contributed by atoms with Crippen LogP contribution in [0.4, 0.5) is 0 Å². The number of rotatable bonds is 7. The lowest BCUT2D eigenvalue weighted by Gasteiger charge is -2.28.